The maximum atomic E-state index is 14.3. The summed E-state index contributed by atoms with van der Waals surface area (Å²) < 4.78 is 75.5. The maximum Gasteiger partial charge on any atom is 0.225 e. The Bertz CT molecular complexity index is 3180. The molecular formula is C84H150N10O32P-. The van der Waals surface area contributed by atoms with E-state index in [0.717, 1.165) is 44.9 Å². The van der Waals surface area contributed by atoms with E-state index in [9.17, 15) is 103 Å². The molecule has 4 fully saturated rings. The van der Waals surface area contributed by atoms with Gasteiger partial charge in [0, 0.05) is 144 Å². The third-order valence-electron chi connectivity index (χ3n) is 22.1. The molecule has 4 aliphatic rings. The van der Waals surface area contributed by atoms with Crippen molar-refractivity contribution >= 4 is 72.5 Å². The largest absolute Gasteiger partial charge is 0.394 e. The average Bonchev–Trinajstić information content (AvgIpc) is 1.49. The van der Waals surface area contributed by atoms with Crippen molar-refractivity contribution in [1.82, 2.24) is 52.8 Å². The standard InChI is InChI=1S/C84H150N10O32P/c1-54-42-60(50-123-127(8,115)116-7)94(44-54)69(106)30-16-14-12-10-9-11-13-15-26-61(101)43-84(51-117-41-31-68(105)88-33-23-32-85-65(102)27-17-20-38-120-81-70(91-57(4)98)76(110)73(107)62(45-95)124-81,52-118-48-55(2)79(113)89-36-24-34-86-66(103)28-18-21-39-121-82-71(92-58(5)99)77(111)74(108)63(46-96)125-82)53-119-49-56(3)80(114)90-37-25-35-87-67(104)29-19-22-40-122-83-72(93-59(6)100)78(112)75(109)64(47-97)126-83/h54-56,60,62-64,70-78,81-83,95-97,107-112H,8-53H2,1-7H3,(H,85,102)(H,86,103)(H,87,104)(H,88,105)(H,89,113)(H,90,114)(H,91,98)(H,92,99)(H,93,100)/q-1/t54-,55?,56?,60+,62?,63?,64?,70?,71?,72?,73?,74?,75?,76?,77?,78?,81?,82?,83?,84?,127?/m1/s1. The van der Waals surface area contributed by atoms with Crippen LogP contribution >= 0.6 is 7.60 Å². The van der Waals surface area contributed by atoms with E-state index in [0.29, 0.717) is 83.6 Å². The Labute approximate surface area is 745 Å². The van der Waals surface area contributed by atoms with Crippen LogP contribution in [0.2, 0.25) is 0 Å². The Morgan fingerprint density at radius 2 is 0.787 bits per heavy atom. The lowest BCUT2D eigenvalue weighted by Crippen LogP contribution is -2.64. The first-order valence-corrected chi connectivity index (χ1v) is 46.7. The van der Waals surface area contributed by atoms with Gasteiger partial charge < -0.3 is 150 Å². The SMILES string of the molecule is [CH2-]P(=O)(OC)OC[C@@H]1C[C@@H](C)CN1C(=O)CCCCCCCCCCC(=O)CC(COCCC(=O)NCCCNC(=O)CCCCOC1OC(CO)C(O)C(O)C1NC(C)=O)(COCC(C)C(=O)NCCCNC(=O)CCCCOC1OC(CO)C(O)C(O)C1NC(C)=O)COCC(C)C(=O)NCCCNC(=O)CCCCOC1OC(CO)C(O)C(O)C1NC(C)=O. The number of rotatable bonds is 68. The highest BCUT2D eigenvalue weighted by molar-refractivity contribution is 7.55. The number of carbonyl (C=O) groups is 11. The van der Waals surface area contributed by atoms with E-state index in [4.69, 9.17) is 51.7 Å². The van der Waals surface area contributed by atoms with E-state index in [1.807, 2.05) is 4.90 Å². The number of aliphatic hydroxyl groups is 9. The molecule has 20 atom stereocenters. The van der Waals surface area contributed by atoms with Crippen LogP contribution in [0.4, 0.5) is 0 Å². The Balaban J connectivity index is 1.35. The molecule has 0 aromatic carbocycles. The Kier molecular flexibility index (Phi) is 56.1. The summed E-state index contributed by atoms with van der Waals surface area (Å²) >= 11 is 0. The summed E-state index contributed by atoms with van der Waals surface area (Å²) in [6.07, 6.45) is -4.18. The average molecular weight is 1840 g/mol. The molecule has 0 saturated carbocycles. The van der Waals surface area contributed by atoms with Gasteiger partial charge in [-0.25, -0.2) is 6.66 Å². The van der Waals surface area contributed by atoms with E-state index in [1.165, 1.54) is 27.9 Å². The van der Waals surface area contributed by atoms with Crippen LogP contribution in [0, 0.1) is 29.8 Å². The number of hydrogen-bond acceptors (Lipinski definition) is 32. The lowest BCUT2D eigenvalue weighted by molar-refractivity contribution is -0.270. The van der Waals surface area contributed by atoms with Crippen LogP contribution < -0.4 is 47.9 Å². The fraction of sp³-hybridized carbons (Fsp3) is 0.857. The minimum absolute atomic E-state index is 0.0301. The minimum Gasteiger partial charge on any atom is -0.394 e. The van der Waals surface area contributed by atoms with Crippen molar-refractivity contribution in [3.63, 3.8) is 0 Å². The first-order chi connectivity index (χ1) is 60.6. The quantitative estimate of drug-likeness (QED) is 0.0191. The summed E-state index contributed by atoms with van der Waals surface area (Å²) in [5, 5.41) is 116. The molecule has 734 valence electrons. The van der Waals surface area contributed by atoms with Crippen LogP contribution in [-0.4, -0.2) is 352 Å². The van der Waals surface area contributed by atoms with E-state index in [-0.39, 0.29) is 203 Å². The van der Waals surface area contributed by atoms with Crippen LogP contribution in [0.5, 0.6) is 0 Å². The zero-order valence-electron chi connectivity index (χ0n) is 75.3. The maximum absolute atomic E-state index is 14.3. The number of aliphatic hydroxyl groups excluding tert-OH is 9. The predicted octanol–water partition coefficient (Wildman–Crippen LogP) is -1.31. The lowest BCUT2D eigenvalue weighted by atomic mass is 9.83. The topological polar surface area (TPSA) is 600 Å². The molecule has 0 spiro atoms. The molecule has 0 aliphatic carbocycles. The summed E-state index contributed by atoms with van der Waals surface area (Å²) in [6, 6.07) is -3.51. The smallest absolute Gasteiger partial charge is 0.225 e. The number of Topliss-reactive ketones (excluding diaryl/α,β-unsaturated/α-hetero) is 1. The van der Waals surface area contributed by atoms with Gasteiger partial charge in [0.05, 0.1) is 83.9 Å². The van der Waals surface area contributed by atoms with Crippen molar-refractivity contribution in [2.45, 2.75) is 300 Å². The van der Waals surface area contributed by atoms with Gasteiger partial charge in [-0.15, -0.1) is 0 Å². The second-order valence-corrected chi connectivity index (χ2v) is 35.5. The normalized spacial score (nSPS) is 25.6. The number of nitrogens with one attached hydrogen (secondary N) is 9. The summed E-state index contributed by atoms with van der Waals surface area (Å²) in [4.78, 5) is 143. The number of hydrogen-bond donors (Lipinski definition) is 18. The van der Waals surface area contributed by atoms with E-state index in [2.05, 4.69) is 61.4 Å². The van der Waals surface area contributed by atoms with Crippen LogP contribution in [0.25, 0.3) is 0 Å². The summed E-state index contributed by atoms with van der Waals surface area (Å²) in [5.74, 6) is -4.59. The van der Waals surface area contributed by atoms with Crippen molar-refractivity contribution in [2.24, 2.45) is 23.2 Å². The number of carbonyl (C=O) groups excluding carboxylic acids is 11. The van der Waals surface area contributed by atoms with Crippen LogP contribution in [-0.2, 0) is 109 Å². The molecule has 0 bridgehead atoms. The van der Waals surface area contributed by atoms with Crippen molar-refractivity contribution < 1.29 is 155 Å². The highest BCUT2D eigenvalue weighted by atomic mass is 31.2. The van der Waals surface area contributed by atoms with E-state index in [1.54, 1.807) is 13.8 Å². The van der Waals surface area contributed by atoms with Crippen LogP contribution in [0.15, 0.2) is 0 Å². The summed E-state index contributed by atoms with van der Waals surface area (Å²) in [6.45, 7) is 12.2. The number of nitrogens with zero attached hydrogens (tertiary/aromatic N) is 1. The van der Waals surface area contributed by atoms with Gasteiger partial charge in [0.25, 0.3) is 0 Å². The van der Waals surface area contributed by atoms with E-state index >= 15 is 0 Å². The van der Waals surface area contributed by atoms with Crippen molar-refractivity contribution in [3.05, 3.63) is 6.66 Å². The Morgan fingerprint density at radius 3 is 1.15 bits per heavy atom. The predicted molar refractivity (Wildman–Crippen MR) is 456 cm³/mol. The zero-order chi connectivity index (χ0) is 93.9. The van der Waals surface area contributed by atoms with Gasteiger partial charge in [-0.1, -0.05) is 59.3 Å². The monoisotopic (exact) mass is 1840 g/mol. The van der Waals surface area contributed by atoms with Gasteiger partial charge in [0.1, 0.15) is 78.8 Å². The van der Waals surface area contributed by atoms with Crippen LogP contribution in [0.1, 0.15) is 202 Å². The van der Waals surface area contributed by atoms with Gasteiger partial charge in [-0.05, 0) is 83.0 Å². The van der Waals surface area contributed by atoms with Crippen molar-refractivity contribution in [1.29, 1.82) is 0 Å². The molecule has 10 amide bonds. The molecule has 4 saturated heterocycles. The molecular weight excluding hydrogens is 1690 g/mol. The molecule has 0 aromatic heterocycles. The van der Waals surface area contributed by atoms with Crippen molar-refractivity contribution in [2.75, 3.05) is 139 Å². The molecule has 0 radical (unpaired) electrons. The van der Waals surface area contributed by atoms with Gasteiger partial charge >= 0.3 is 0 Å². The Morgan fingerprint density at radius 1 is 0.449 bits per heavy atom. The lowest BCUT2D eigenvalue weighted by Gasteiger charge is -2.42. The summed E-state index contributed by atoms with van der Waals surface area (Å²) in [7, 11) is -2.18. The van der Waals surface area contributed by atoms with Gasteiger partial charge in [0.2, 0.25) is 59.1 Å². The van der Waals surface area contributed by atoms with Gasteiger partial charge in [-0.3, -0.25) is 57.3 Å². The second kappa shape index (κ2) is 63.0. The van der Waals surface area contributed by atoms with Crippen LogP contribution in [0.3, 0.4) is 0 Å². The molecule has 0 aromatic rings. The number of amides is 10. The van der Waals surface area contributed by atoms with E-state index < -0.39 is 154 Å². The number of ether oxygens (including phenoxy) is 9. The first kappa shape index (κ1) is 113. The highest BCUT2D eigenvalue weighted by Gasteiger charge is 2.49. The first-order valence-electron chi connectivity index (χ1n) is 44.9. The third kappa shape index (κ3) is 44.7. The molecule has 4 heterocycles. The second-order valence-electron chi connectivity index (χ2n) is 33.6. The van der Waals surface area contributed by atoms with Gasteiger partial charge in [0.15, 0.2) is 26.5 Å². The third-order valence-corrected chi connectivity index (χ3v) is 23.2. The van der Waals surface area contributed by atoms with Gasteiger partial charge in [-0.2, -0.15) is 0 Å². The fourth-order valence-corrected chi connectivity index (χ4v) is 15.4. The molecule has 42 nitrogen and oxygen atoms in total. The molecule has 18 unspecified atom stereocenters. The zero-order valence-corrected chi connectivity index (χ0v) is 76.2. The summed E-state index contributed by atoms with van der Waals surface area (Å²) in [5.41, 5.74) is -1.22. The highest BCUT2D eigenvalue weighted by Crippen LogP contribution is 2.46. The Hall–Kier alpha value is -6.20. The molecule has 18 N–H and O–H groups in total. The molecule has 4 aliphatic heterocycles. The number of likely N-dealkylation sites (tertiary alicyclic amines) is 1. The minimum atomic E-state index is -3.45. The van der Waals surface area contributed by atoms with Crippen molar-refractivity contribution in [3.8, 4) is 0 Å². The molecule has 127 heavy (non-hydrogen) atoms. The number of unbranched alkanes of at least 4 members (excludes halogenated alkanes) is 10. The fourth-order valence-electron chi connectivity index (χ4n) is 14.9. The molecule has 4 rings (SSSR count). The number of ketones is 1. The molecule has 43 heteroatoms.